The van der Waals surface area contributed by atoms with Crippen molar-refractivity contribution in [3.63, 3.8) is 0 Å². The van der Waals surface area contributed by atoms with Gasteiger partial charge in [-0.1, -0.05) is 18.0 Å². The molecule has 2 aliphatic carbocycles. The summed E-state index contributed by atoms with van der Waals surface area (Å²) in [4.78, 5) is 0. The van der Waals surface area contributed by atoms with Crippen LogP contribution in [0.5, 0.6) is 11.5 Å². The van der Waals surface area contributed by atoms with E-state index >= 15 is 0 Å². The van der Waals surface area contributed by atoms with E-state index in [0.717, 1.165) is 5.56 Å². The molecule has 1 aromatic rings. The van der Waals surface area contributed by atoms with Crippen molar-refractivity contribution in [3.8, 4) is 11.5 Å². The minimum atomic E-state index is -0.484. The number of hydrogen-bond donors (Lipinski definition) is 1. The SMILES string of the molecule is COc1cc(Cl)c(C(O)C2C3CCCC32)cc1OC. The van der Waals surface area contributed by atoms with E-state index in [1.807, 2.05) is 0 Å². The Hall–Kier alpha value is -0.930. The normalized spacial score (nSPS) is 29.8. The van der Waals surface area contributed by atoms with Crippen LogP contribution in [0.2, 0.25) is 5.02 Å². The number of fused-ring (bicyclic) bond motifs is 1. The van der Waals surface area contributed by atoms with E-state index in [1.54, 1.807) is 26.4 Å². The first-order valence-electron chi connectivity index (χ1n) is 6.77. The summed E-state index contributed by atoms with van der Waals surface area (Å²) in [6.07, 6.45) is 3.31. The molecule has 3 rings (SSSR count). The second kappa shape index (κ2) is 4.88. The maximum atomic E-state index is 10.5. The number of aliphatic hydroxyl groups is 1. The molecular formula is C15H19ClO3. The molecule has 0 amide bonds. The van der Waals surface area contributed by atoms with Gasteiger partial charge in [0.1, 0.15) is 0 Å². The molecule has 0 aromatic heterocycles. The van der Waals surface area contributed by atoms with Crippen molar-refractivity contribution in [3.05, 3.63) is 22.7 Å². The highest BCUT2D eigenvalue weighted by atomic mass is 35.5. The average molecular weight is 283 g/mol. The summed E-state index contributed by atoms with van der Waals surface area (Å²) < 4.78 is 10.5. The van der Waals surface area contributed by atoms with E-state index < -0.39 is 6.10 Å². The van der Waals surface area contributed by atoms with E-state index in [0.29, 0.717) is 34.3 Å². The predicted molar refractivity (Wildman–Crippen MR) is 73.8 cm³/mol. The molecular weight excluding hydrogens is 264 g/mol. The molecule has 0 bridgehead atoms. The van der Waals surface area contributed by atoms with Crippen molar-refractivity contribution >= 4 is 11.6 Å². The van der Waals surface area contributed by atoms with Crippen LogP contribution < -0.4 is 9.47 Å². The monoisotopic (exact) mass is 282 g/mol. The van der Waals surface area contributed by atoms with Crippen molar-refractivity contribution < 1.29 is 14.6 Å². The second-order valence-electron chi connectivity index (χ2n) is 5.51. The van der Waals surface area contributed by atoms with Crippen molar-refractivity contribution in [2.45, 2.75) is 25.4 Å². The minimum absolute atomic E-state index is 0.379. The van der Waals surface area contributed by atoms with Gasteiger partial charge in [0.25, 0.3) is 0 Å². The van der Waals surface area contributed by atoms with Crippen LogP contribution in [0.4, 0.5) is 0 Å². The molecule has 3 atom stereocenters. The molecule has 2 aliphatic rings. The fourth-order valence-corrected chi connectivity index (χ4v) is 3.91. The van der Waals surface area contributed by atoms with Gasteiger partial charge in [0, 0.05) is 11.6 Å². The maximum Gasteiger partial charge on any atom is 0.162 e. The Labute approximate surface area is 118 Å². The molecule has 1 N–H and O–H groups in total. The van der Waals surface area contributed by atoms with Crippen molar-refractivity contribution in [1.29, 1.82) is 0 Å². The number of benzene rings is 1. The Kier molecular flexibility index (Phi) is 3.35. The lowest BCUT2D eigenvalue weighted by molar-refractivity contribution is 0.137. The average Bonchev–Trinajstić information content (AvgIpc) is 2.90. The highest BCUT2D eigenvalue weighted by Crippen LogP contribution is 2.62. The number of hydrogen-bond acceptors (Lipinski definition) is 3. The van der Waals surface area contributed by atoms with Gasteiger partial charge in [0.05, 0.1) is 25.3 Å². The van der Waals surface area contributed by atoms with Crippen LogP contribution >= 0.6 is 11.6 Å². The first-order valence-corrected chi connectivity index (χ1v) is 7.14. The third-order valence-electron chi connectivity index (χ3n) is 4.66. The number of halogens is 1. The first-order chi connectivity index (χ1) is 9.17. The third-order valence-corrected chi connectivity index (χ3v) is 4.99. The van der Waals surface area contributed by atoms with Gasteiger partial charge in [-0.05, 0) is 36.7 Å². The van der Waals surface area contributed by atoms with E-state index in [9.17, 15) is 5.11 Å². The summed E-state index contributed by atoms with van der Waals surface area (Å²) in [5, 5.41) is 11.1. The summed E-state index contributed by atoms with van der Waals surface area (Å²) in [5.74, 6) is 2.98. The number of ether oxygens (including phenoxy) is 2. The largest absolute Gasteiger partial charge is 0.493 e. The van der Waals surface area contributed by atoms with Crippen LogP contribution in [-0.4, -0.2) is 19.3 Å². The molecule has 0 aliphatic heterocycles. The summed E-state index contributed by atoms with van der Waals surface area (Å²) >= 11 is 6.26. The fourth-order valence-electron chi connectivity index (χ4n) is 3.65. The van der Waals surface area contributed by atoms with Crippen LogP contribution in [0.3, 0.4) is 0 Å². The topological polar surface area (TPSA) is 38.7 Å². The Bertz CT molecular complexity index is 479. The molecule has 0 saturated heterocycles. The summed E-state index contributed by atoms with van der Waals surface area (Å²) in [7, 11) is 3.17. The van der Waals surface area contributed by atoms with Crippen LogP contribution in [0.25, 0.3) is 0 Å². The smallest absolute Gasteiger partial charge is 0.162 e. The van der Waals surface area contributed by atoms with Crippen molar-refractivity contribution in [2.24, 2.45) is 17.8 Å². The Morgan fingerprint density at radius 3 is 2.32 bits per heavy atom. The lowest BCUT2D eigenvalue weighted by atomic mass is 9.99. The molecule has 2 fully saturated rings. The lowest BCUT2D eigenvalue weighted by Crippen LogP contribution is -2.06. The molecule has 0 radical (unpaired) electrons. The van der Waals surface area contributed by atoms with Crippen molar-refractivity contribution in [1.82, 2.24) is 0 Å². The Morgan fingerprint density at radius 1 is 1.16 bits per heavy atom. The van der Waals surface area contributed by atoms with Crippen LogP contribution in [-0.2, 0) is 0 Å². The fraction of sp³-hybridized carbons (Fsp3) is 0.600. The molecule has 3 unspecified atom stereocenters. The molecule has 2 saturated carbocycles. The minimum Gasteiger partial charge on any atom is -0.493 e. The molecule has 104 valence electrons. The zero-order valence-electron chi connectivity index (χ0n) is 11.2. The Morgan fingerprint density at radius 2 is 1.74 bits per heavy atom. The molecule has 0 heterocycles. The Balaban J connectivity index is 1.87. The van der Waals surface area contributed by atoms with Gasteiger partial charge in [-0.25, -0.2) is 0 Å². The summed E-state index contributed by atoms with van der Waals surface area (Å²) in [5.41, 5.74) is 0.763. The highest BCUT2D eigenvalue weighted by Gasteiger charge is 2.56. The highest BCUT2D eigenvalue weighted by molar-refractivity contribution is 6.31. The van der Waals surface area contributed by atoms with Crippen LogP contribution in [0.15, 0.2) is 12.1 Å². The van der Waals surface area contributed by atoms with E-state index in [1.165, 1.54) is 19.3 Å². The van der Waals surface area contributed by atoms with Crippen molar-refractivity contribution in [2.75, 3.05) is 14.2 Å². The third kappa shape index (κ3) is 2.09. The zero-order chi connectivity index (χ0) is 13.6. The predicted octanol–water partition coefficient (Wildman–Crippen LogP) is 3.44. The summed E-state index contributed by atoms with van der Waals surface area (Å²) in [6, 6.07) is 3.52. The standard InChI is InChI=1S/C15H19ClO3/c1-18-12-6-10(11(16)7-13(12)19-2)15(17)14-8-4-3-5-9(8)14/h6-9,14-15,17H,3-5H2,1-2H3. The quantitative estimate of drug-likeness (QED) is 0.919. The number of rotatable bonds is 4. The molecule has 19 heavy (non-hydrogen) atoms. The van der Waals surface area contributed by atoms with Crippen LogP contribution in [0.1, 0.15) is 30.9 Å². The number of aliphatic hydroxyl groups excluding tert-OH is 1. The van der Waals surface area contributed by atoms with E-state index in [2.05, 4.69) is 0 Å². The van der Waals surface area contributed by atoms with Gasteiger partial charge in [-0.3, -0.25) is 0 Å². The molecule has 4 heteroatoms. The summed E-state index contributed by atoms with van der Waals surface area (Å²) in [6.45, 7) is 0. The van der Waals surface area contributed by atoms with Gasteiger partial charge in [0.15, 0.2) is 11.5 Å². The van der Waals surface area contributed by atoms with Gasteiger partial charge in [-0.15, -0.1) is 0 Å². The molecule has 0 spiro atoms. The van der Waals surface area contributed by atoms with E-state index in [4.69, 9.17) is 21.1 Å². The maximum absolute atomic E-state index is 10.5. The first kappa shape index (κ1) is 13.1. The lowest BCUT2D eigenvalue weighted by Gasteiger charge is -2.17. The van der Waals surface area contributed by atoms with Crippen LogP contribution in [0, 0.1) is 17.8 Å². The number of methoxy groups -OCH3 is 2. The van der Waals surface area contributed by atoms with Gasteiger partial charge in [-0.2, -0.15) is 0 Å². The zero-order valence-corrected chi connectivity index (χ0v) is 12.0. The second-order valence-corrected chi connectivity index (χ2v) is 5.92. The molecule has 1 aromatic carbocycles. The van der Waals surface area contributed by atoms with Gasteiger partial charge in [0.2, 0.25) is 0 Å². The van der Waals surface area contributed by atoms with E-state index in [-0.39, 0.29) is 0 Å². The van der Waals surface area contributed by atoms with Gasteiger partial charge < -0.3 is 14.6 Å². The van der Waals surface area contributed by atoms with Gasteiger partial charge >= 0.3 is 0 Å². The molecule has 3 nitrogen and oxygen atoms in total.